The molecular formula is C10H16O2. The molecule has 0 saturated heterocycles. The average molecular weight is 168 g/mol. The summed E-state index contributed by atoms with van der Waals surface area (Å²) in [7, 11) is 0. The van der Waals surface area contributed by atoms with Gasteiger partial charge in [0, 0.05) is 0 Å². The van der Waals surface area contributed by atoms with Crippen molar-refractivity contribution in [3.05, 3.63) is 24.8 Å². The molecule has 2 unspecified atom stereocenters. The summed E-state index contributed by atoms with van der Waals surface area (Å²) in [6.45, 7) is 7.42. The molecule has 0 spiro atoms. The predicted octanol–water partition coefficient (Wildman–Crippen LogP) is 1.25. The SMILES string of the molecule is C=CC1(O)C=CC(O)C(C)(C)C1. The summed E-state index contributed by atoms with van der Waals surface area (Å²) in [5.41, 5.74) is -1.22. The molecule has 0 heterocycles. The maximum atomic E-state index is 9.82. The Balaban J connectivity index is 2.92. The van der Waals surface area contributed by atoms with Crippen LogP contribution in [0.1, 0.15) is 20.3 Å². The molecule has 12 heavy (non-hydrogen) atoms. The van der Waals surface area contributed by atoms with E-state index in [9.17, 15) is 10.2 Å². The van der Waals surface area contributed by atoms with Gasteiger partial charge in [-0.25, -0.2) is 0 Å². The molecule has 0 aliphatic heterocycles. The van der Waals surface area contributed by atoms with Crippen LogP contribution in [0.25, 0.3) is 0 Å². The minimum absolute atomic E-state index is 0.280. The fourth-order valence-electron chi connectivity index (χ4n) is 1.55. The highest BCUT2D eigenvalue weighted by atomic mass is 16.3. The molecule has 0 aromatic rings. The Labute approximate surface area is 73.2 Å². The first-order valence-electron chi connectivity index (χ1n) is 4.13. The predicted molar refractivity (Wildman–Crippen MR) is 48.7 cm³/mol. The zero-order valence-electron chi connectivity index (χ0n) is 7.62. The molecule has 1 rings (SSSR count). The van der Waals surface area contributed by atoms with Crippen LogP contribution in [0, 0.1) is 5.41 Å². The minimum Gasteiger partial charge on any atom is -0.388 e. The maximum Gasteiger partial charge on any atom is 0.101 e. The van der Waals surface area contributed by atoms with Gasteiger partial charge >= 0.3 is 0 Å². The summed E-state index contributed by atoms with van der Waals surface area (Å²) >= 11 is 0. The van der Waals surface area contributed by atoms with Crippen molar-refractivity contribution in [2.45, 2.75) is 32.0 Å². The first-order valence-corrected chi connectivity index (χ1v) is 4.13. The van der Waals surface area contributed by atoms with E-state index in [1.165, 1.54) is 6.08 Å². The number of hydrogen-bond donors (Lipinski definition) is 2. The molecule has 0 amide bonds. The lowest BCUT2D eigenvalue weighted by Gasteiger charge is -2.39. The van der Waals surface area contributed by atoms with Gasteiger partial charge in [-0.1, -0.05) is 38.7 Å². The van der Waals surface area contributed by atoms with E-state index >= 15 is 0 Å². The van der Waals surface area contributed by atoms with E-state index in [0.29, 0.717) is 6.42 Å². The highest BCUT2D eigenvalue weighted by Gasteiger charge is 2.38. The van der Waals surface area contributed by atoms with Gasteiger partial charge in [0.25, 0.3) is 0 Å². The molecule has 0 saturated carbocycles. The van der Waals surface area contributed by atoms with Crippen LogP contribution in [0.15, 0.2) is 24.8 Å². The second kappa shape index (κ2) is 2.71. The quantitative estimate of drug-likeness (QED) is 0.578. The largest absolute Gasteiger partial charge is 0.388 e. The monoisotopic (exact) mass is 168 g/mol. The number of aliphatic hydroxyl groups is 2. The van der Waals surface area contributed by atoms with E-state index in [1.807, 2.05) is 13.8 Å². The smallest absolute Gasteiger partial charge is 0.101 e. The number of hydrogen-bond acceptors (Lipinski definition) is 2. The lowest BCUT2D eigenvalue weighted by molar-refractivity contribution is 0.00602. The molecule has 0 radical (unpaired) electrons. The van der Waals surface area contributed by atoms with Crippen LogP contribution in [0.3, 0.4) is 0 Å². The summed E-state index contributed by atoms with van der Waals surface area (Å²) in [6.07, 6.45) is 4.79. The Morgan fingerprint density at radius 3 is 2.58 bits per heavy atom. The van der Waals surface area contributed by atoms with Crippen molar-refractivity contribution >= 4 is 0 Å². The summed E-state index contributed by atoms with van der Waals surface area (Å²) in [5.74, 6) is 0. The fraction of sp³-hybridized carbons (Fsp3) is 0.600. The van der Waals surface area contributed by atoms with Crippen molar-refractivity contribution < 1.29 is 10.2 Å². The normalized spacial score (nSPS) is 39.5. The van der Waals surface area contributed by atoms with Gasteiger partial charge in [-0.05, 0) is 11.8 Å². The van der Waals surface area contributed by atoms with Gasteiger partial charge in [0.1, 0.15) is 5.60 Å². The fourth-order valence-corrected chi connectivity index (χ4v) is 1.55. The van der Waals surface area contributed by atoms with E-state index in [-0.39, 0.29) is 5.41 Å². The van der Waals surface area contributed by atoms with Crippen LogP contribution in [-0.2, 0) is 0 Å². The van der Waals surface area contributed by atoms with Crippen LogP contribution in [0.5, 0.6) is 0 Å². The Bertz CT molecular complexity index is 218. The van der Waals surface area contributed by atoms with Gasteiger partial charge in [0.05, 0.1) is 6.10 Å². The highest BCUT2D eigenvalue weighted by Crippen LogP contribution is 2.37. The molecule has 68 valence electrons. The van der Waals surface area contributed by atoms with E-state index in [2.05, 4.69) is 6.58 Å². The van der Waals surface area contributed by atoms with Crippen molar-refractivity contribution in [3.8, 4) is 0 Å². The third kappa shape index (κ3) is 1.59. The maximum absolute atomic E-state index is 9.82. The first-order chi connectivity index (χ1) is 5.40. The summed E-state index contributed by atoms with van der Waals surface area (Å²) in [6, 6.07) is 0. The van der Waals surface area contributed by atoms with Crippen molar-refractivity contribution in [2.75, 3.05) is 0 Å². The topological polar surface area (TPSA) is 40.5 Å². The summed E-state index contributed by atoms with van der Waals surface area (Å²) < 4.78 is 0. The van der Waals surface area contributed by atoms with Crippen molar-refractivity contribution in [3.63, 3.8) is 0 Å². The van der Waals surface area contributed by atoms with Gasteiger partial charge in [-0.3, -0.25) is 0 Å². The Kier molecular flexibility index (Phi) is 2.15. The number of aliphatic hydroxyl groups excluding tert-OH is 1. The molecule has 2 atom stereocenters. The van der Waals surface area contributed by atoms with Gasteiger partial charge in [0.15, 0.2) is 0 Å². The summed E-state index contributed by atoms with van der Waals surface area (Å²) in [4.78, 5) is 0. The van der Waals surface area contributed by atoms with E-state index in [0.717, 1.165) is 0 Å². The molecule has 0 aromatic heterocycles. The van der Waals surface area contributed by atoms with Gasteiger partial charge in [0.2, 0.25) is 0 Å². The standard InChI is InChI=1S/C10H16O2/c1-4-10(12)6-5-8(11)9(2,3)7-10/h4-6,8,11-12H,1,7H2,2-3H3. The lowest BCUT2D eigenvalue weighted by Crippen LogP contribution is -2.41. The second-order valence-corrected chi connectivity index (χ2v) is 4.16. The third-order valence-electron chi connectivity index (χ3n) is 2.46. The van der Waals surface area contributed by atoms with Crippen LogP contribution >= 0.6 is 0 Å². The lowest BCUT2D eigenvalue weighted by atomic mass is 9.72. The molecule has 2 nitrogen and oxygen atoms in total. The molecule has 2 N–H and O–H groups in total. The minimum atomic E-state index is -0.942. The zero-order chi connectivity index (χ0) is 9.41. The van der Waals surface area contributed by atoms with Crippen LogP contribution in [0.4, 0.5) is 0 Å². The van der Waals surface area contributed by atoms with Crippen molar-refractivity contribution in [2.24, 2.45) is 5.41 Å². The third-order valence-corrected chi connectivity index (χ3v) is 2.46. The Hall–Kier alpha value is -0.600. The van der Waals surface area contributed by atoms with E-state index in [1.54, 1.807) is 12.2 Å². The van der Waals surface area contributed by atoms with Crippen molar-refractivity contribution in [1.82, 2.24) is 0 Å². The zero-order valence-corrected chi connectivity index (χ0v) is 7.62. The van der Waals surface area contributed by atoms with Crippen LogP contribution < -0.4 is 0 Å². The van der Waals surface area contributed by atoms with Crippen molar-refractivity contribution in [1.29, 1.82) is 0 Å². The average Bonchev–Trinajstić information content (AvgIpc) is 1.97. The van der Waals surface area contributed by atoms with E-state index in [4.69, 9.17) is 0 Å². The molecule has 1 aliphatic rings. The highest BCUT2D eigenvalue weighted by molar-refractivity contribution is 5.19. The molecule has 0 aromatic carbocycles. The number of rotatable bonds is 1. The van der Waals surface area contributed by atoms with Gasteiger partial charge in [-0.2, -0.15) is 0 Å². The van der Waals surface area contributed by atoms with E-state index < -0.39 is 11.7 Å². The molecular weight excluding hydrogens is 152 g/mol. The van der Waals surface area contributed by atoms with Crippen LogP contribution in [-0.4, -0.2) is 21.9 Å². The molecule has 2 heteroatoms. The van der Waals surface area contributed by atoms with Gasteiger partial charge in [-0.15, -0.1) is 0 Å². The first kappa shape index (κ1) is 9.49. The Morgan fingerprint density at radius 1 is 1.58 bits per heavy atom. The summed E-state index contributed by atoms with van der Waals surface area (Å²) in [5, 5.41) is 19.3. The Morgan fingerprint density at radius 2 is 2.17 bits per heavy atom. The molecule has 0 bridgehead atoms. The molecule has 1 aliphatic carbocycles. The van der Waals surface area contributed by atoms with Gasteiger partial charge < -0.3 is 10.2 Å². The van der Waals surface area contributed by atoms with Crippen LogP contribution in [0.2, 0.25) is 0 Å². The second-order valence-electron chi connectivity index (χ2n) is 4.16. The molecule has 0 fully saturated rings.